The number of nitrogens with zero attached hydrogens (tertiary/aromatic N) is 3. The minimum Gasteiger partial charge on any atom is -0.341 e. The summed E-state index contributed by atoms with van der Waals surface area (Å²) in [5.74, 6) is 1.40. The fourth-order valence-electron chi connectivity index (χ4n) is 1.75. The van der Waals surface area contributed by atoms with Crippen molar-refractivity contribution in [3.8, 4) is 0 Å². The van der Waals surface area contributed by atoms with Crippen LogP contribution in [0.2, 0.25) is 0 Å². The fourth-order valence-corrected chi connectivity index (χ4v) is 2.65. The molecule has 1 saturated heterocycles. The summed E-state index contributed by atoms with van der Waals surface area (Å²) in [6.45, 7) is 9.73. The Hall–Kier alpha value is -0.680. The van der Waals surface area contributed by atoms with Gasteiger partial charge in [-0.2, -0.15) is 4.37 Å². The maximum atomic E-state index is 4.64. The quantitative estimate of drug-likeness (QED) is 0.853. The Labute approximate surface area is 101 Å². The highest BCUT2D eigenvalue weighted by molar-refractivity contribution is 7.09. The van der Waals surface area contributed by atoms with E-state index in [2.05, 4.69) is 40.3 Å². The smallest absolute Gasteiger partial charge is 0.205 e. The van der Waals surface area contributed by atoms with E-state index in [9.17, 15) is 0 Å². The van der Waals surface area contributed by atoms with E-state index in [4.69, 9.17) is 0 Å². The van der Waals surface area contributed by atoms with Crippen molar-refractivity contribution in [1.29, 1.82) is 0 Å². The lowest BCUT2D eigenvalue weighted by atomic mass is 10.1. The van der Waals surface area contributed by atoms with Crippen LogP contribution in [0.1, 0.15) is 38.9 Å². The van der Waals surface area contributed by atoms with Crippen LogP contribution in [0, 0.1) is 0 Å². The highest BCUT2D eigenvalue weighted by Gasteiger charge is 2.26. The molecule has 2 heterocycles. The summed E-state index contributed by atoms with van der Waals surface area (Å²) < 4.78 is 4.43. The summed E-state index contributed by atoms with van der Waals surface area (Å²) in [4.78, 5) is 7.04. The molecule has 16 heavy (non-hydrogen) atoms. The van der Waals surface area contributed by atoms with Gasteiger partial charge in [-0.1, -0.05) is 20.8 Å². The molecule has 4 nitrogen and oxygen atoms in total. The van der Waals surface area contributed by atoms with Crippen molar-refractivity contribution < 1.29 is 0 Å². The van der Waals surface area contributed by atoms with Gasteiger partial charge in [-0.3, -0.25) is 0 Å². The zero-order chi connectivity index (χ0) is 11.5. The molecule has 0 atom stereocenters. The summed E-state index contributed by atoms with van der Waals surface area (Å²) in [7, 11) is 0. The maximum absolute atomic E-state index is 4.64. The van der Waals surface area contributed by atoms with Crippen LogP contribution in [0.3, 0.4) is 0 Å². The van der Waals surface area contributed by atoms with Crippen LogP contribution in [0.15, 0.2) is 0 Å². The van der Waals surface area contributed by atoms with Gasteiger partial charge in [-0.15, -0.1) is 0 Å². The molecule has 0 aromatic carbocycles. The lowest BCUT2D eigenvalue weighted by molar-refractivity contribution is 0.412. The zero-order valence-corrected chi connectivity index (χ0v) is 11.0. The average Bonchev–Trinajstić information content (AvgIpc) is 2.62. The van der Waals surface area contributed by atoms with E-state index in [1.807, 2.05) is 0 Å². The summed E-state index contributed by atoms with van der Waals surface area (Å²) in [6.07, 6.45) is 1.16. The molecule has 1 aromatic heterocycles. The van der Waals surface area contributed by atoms with Gasteiger partial charge in [0.05, 0.1) is 6.04 Å². The van der Waals surface area contributed by atoms with Crippen LogP contribution < -0.4 is 10.2 Å². The van der Waals surface area contributed by atoms with Crippen LogP contribution in [-0.4, -0.2) is 35.0 Å². The molecule has 1 aromatic rings. The highest BCUT2D eigenvalue weighted by atomic mass is 32.1. The lowest BCUT2D eigenvalue weighted by Crippen LogP contribution is -2.57. The van der Waals surface area contributed by atoms with E-state index >= 15 is 0 Å². The highest BCUT2D eigenvalue weighted by Crippen LogP contribution is 2.24. The minimum atomic E-state index is 0.424. The zero-order valence-electron chi connectivity index (χ0n) is 10.2. The standard InChI is InChI=1S/C11H20N4S/c1-4-5-15(9-6-12-7-9)11-13-10(8(2)3)14-16-11/h8-9,12H,4-7H2,1-3H3. The number of nitrogens with one attached hydrogen (secondary N) is 1. The summed E-state index contributed by atoms with van der Waals surface area (Å²) in [5, 5.41) is 4.41. The average molecular weight is 240 g/mol. The van der Waals surface area contributed by atoms with Gasteiger partial charge >= 0.3 is 0 Å². The van der Waals surface area contributed by atoms with Gasteiger partial charge in [0, 0.05) is 37.1 Å². The van der Waals surface area contributed by atoms with Gasteiger partial charge in [-0.25, -0.2) is 4.98 Å². The third-order valence-corrected chi connectivity index (χ3v) is 3.63. The normalized spacial score (nSPS) is 16.5. The van der Waals surface area contributed by atoms with Crippen molar-refractivity contribution in [3.63, 3.8) is 0 Å². The SMILES string of the molecule is CCCN(c1nc(C(C)C)ns1)C1CNC1. The van der Waals surface area contributed by atoms with Crippen LogP contribution in [0.4, 0.5) is 5.13 Å². The number of aromatic nitrogens is 2. The third kappa shape index (κ3) is 2.35. The first kappa shape index (κ1) is 11.8. The van der Waals surface area contributed by atoms with Crippen molar-refractivity contribution in [3.05, 3.63) is 5.82 Å². The van der Waals surface area contributed by atoms with Crippen molar-refractivity contribution in [2.45, 2.75) is 39.2 Å². The Balaban J connectivity index is 2.10. The molecule has 0 aliphatic carbocycles. The first-order valence-corrected chi connectivity index (χ1v) is 6.80. The topological polar surface area (TPSA) is 41.1 Å². The van der Waals surface area contributed by atoms with Crippen molar-refractivity contribution in [2.75, 3.05) is 24.5 Å². The van der Waals surface area contributed by atoms with Crippen LogP contribution in [0.5, 0.6) is 0 Å². The lowest BCUT2D eigenvalue weighted by Gasteiger charge is -2.37. The second-order valence-electron chi connectivity index (χ2n) is 4.60. The van der Waals surface area contributed by atoms with Crippen LogP contribution in [0.25, 0.3) is 0 Å². The van der Waals surface area contributed by atoms with Gasteiger partial charge in [0.15, 0.2) is 0 Å². The molecular formula is C11H20N4S. The van der Waals surface area contributed by atoms with Gasteiger partial charge in [0.1, 0.15) is 5.82 Å². The minimum absolute atomic E-state index is 0.424. The Kier molecular flexibility index (Phi) is 3.76. The van der Waals surface area contributed by atoms with E-state index in [0.717, 1.165) is 37.0 Å². The first-order valence-electron chi connectivity index (χ1n) is 6.03. The molecule has 0 radical (unpaired) electrons. The van der Waals surface area contributed by atoms with Crippen molar-refractivity contribution >= 4 is 16.7 Å². The second kappa shape index (κ2) is 5.10. The Morgan fingerprint density at radius 1 is 1.50 bits per heavy atom. The Bertz CT molecular complexity index is 332. The van der Waals surface area contributed by atoms with E-state index in [-0.39, 0.29) is 0 Å². The first-order chi connectivity index (χ1) is 7.72. The molecule has 90 valence electrons. The van der Waals surface area contributed by atoms with Crippen molar-refractivity contribution in [2.24, 2.45) is 0 Å². The maximum Gasteiger partial charge on any atom is 0.205 e. The molecule has 0 bridgehead atoms. The molecule has 0 saturated carbocycles. The molecular weight excluding hydrogens is 220 g/mol. The number of anilines is 1. The Morgan fingerprint density at radius 3 is 2.69 bits per heavy atom. The van der Waals surface area contributed by atoms with Crippen LogP contribution in [-0.2, 0) is 0 Å². The summed E-state index contributed by atoms with van der Waals surface area (Å²) in [6, 6.07) is 0.618. The largest absolute Gasteiger partial charge is 0.341 e. The van der Waals surface area contributed by atoms with E-state index < -0.39 is 0 Å². The number of rotatable bonds is 5. The fraction of sp³-hybridized carbons (Fsp3) is 0.818. The molecule has 1 N–H and O–H groups in total. The van der Waals surface area contributed by atoms with Gasteiger partial charge in [0.2, 0.25) is 5.13 Å². The molecule has 0 spiro atoms. The van der Waals surface area contributed by atoms with E-state index in [0.29, 0.717) is 12.0 Å². The predicted octanol–water partition coefficient (Wildman–Crippen LogP) is 1.85. The van der Waals surface area contributed by atoms with E-state index in [1.165, 1.54) is 0 Å². The van der Waals surface area contributed by atoms with Gasteiger partial charge in [-0.05, 0) is 6.42 Å². The molecule has 0 unspecified atom stereocenters. The summed E-state index contributed by atoms with van der Waals surface area (Å²) >= 11 is 1.54. The number of hydrogen-bond donors (Lipinski definition) is 1. The predicted molar refractivity (Wildman–Crippen MR) is 68.3 cm³/mol. The molecule has 1 aliphatic rings. The van der Waals surface area contributed by atoms with E-state index in [1.54, 1.807) is 11.5 Å². The number of hydrogen-bond acceptors (Lipinski definition) is 5. The molecule has 1 aliphatic heterocycles. The molecule has 0 amide bonds. The summed E-state index contributed by atoms with van der Waals surface area (Å²) in [5.41, 5.74) is 0. The van der Waals surface area contributed by atoms with Gasteiger partial charge in [0.25, 0.3) is 0 Å². The second-order valence-corrected chi connectivity index (χ2v) is 5.33. The molecule has 1 fully saturated rings. The Morgan fingerprint density at radius 2 is 2.25 bits per heavy atom. The third-order valence-electron chi connectivity index (χ3n) is 2.86. The van der Waals surface area contributed by atoms with Gasteiger partial charge < -0.3 is 10.2 Å². The molecule has 5 heteroatoms. The van der Waals surface area contributed by atoms with Crippen LogP contribution >= 0.6 is 11.5 Å². The van der Waals surface area contributed by atoms with Crippen molar-refractivity contribution in [1.82, 2.24) is 14.7 Å². The molecule has 2 rings (SSSR count). The monoisotopic (exact) mass is 240 g/mol.